The van der Waals surface area contributed by atoms with Crippen LogP contribution in [0.25, 0.3) is 0 Å². The molecule has 1 aliphatic heterocycles. The van der Waals surface area contributed by atoms with Crippen LogP contribution in [0.15, 0.2) is 24.3 Å². The molecule has 1 heterocycles. The molecule has 1 saturated heterocycles. The second-order valence-electron chi connectivity index (χ2n) is 7.38. The Kier molecular flexibility index (Phi) is 6.19. The van der Waals surface area contributed by atoms with E-state index in [9.17, 15) is 9.90 Å². The number of phenolic OH excluding ortho intramolecular Hbond substituents is 1. The van der Waals surface area contributed by atoms with Gasteiger partial charge in [-0.15, -0.1) is 0 Å². The highest BCUT2D eigenvalue weighted by atomic mass is 16.3. The van der Waals surface area contributed by atoms with E-state index in [1.165, 1.54) is 25.7 Å². The van der Waals surface area contributed by atoms with Crippen LogP contribution in [0, 0.1) is 0 Å². The minimum Gasteiger partial charge on any atom is -0.506 e. The Morgan fingerprint density at radius 2 is 1.72 bits per heavy atom. The summed E-state index contributed by atoms with van der Waals surface area (Å²) in [5.74, 6) is 0.498. The fourth-order valence-corrected chi connectivity index (χ4v) is 3.99. The molecule has 0 radical (unpaired) electrons. The summed E-state index contributed by atoms with van der Waals surface area (Å²) < 4.78 is 0. The van der Waals surface area contributed by atoms with Crippen molar-refractivity contribution in [3.63, 3.8) is 0 Å². The number of nitrogens with one attached hydrogen (secondary N) is 1. The third-order valence-corrected chi connectivity index (χ3v) is 5.67. The predicted molar refractivity (Wildman–Crippen MR) is 101 cm³/mol. The van der Waals surface area contributed by atoms with Crippen molar-refractivity contribution < 1.29 is 9.90 Å². The van der Waals surface area contributed by atoms with Crippen LogP contribution in [0.1, 0.15) is 45.4 Å². The van der Waals surface area contributed by atoms with E-state index in [4.69, 9.17) is 0 Å². The van der Waals surface area contributed by atoms with Gasteiger partial charge in [0, 0.05) is 32.2 Å². The zero-order valence-electron chi connectivity index (χ0n) is 15.3. The summed E-state index contributed by atoms with van der Waals surface area (Å²) in [6.07, 6.45) is 7.32. The van der Waals surface area contributed by atoms with Crippen LogP contribution in [0.3, 0.4) is 0 Å². The number of benzene rings is 1. The molecule has 0 aromatic heterocycles. The molecule has 1 aromatic carbocycles. The van der Waals surface area contributed by atoms with E-state index in [-0.39, 0.29) is 11.9 Å². The lowest BCUT2D eigenvalue weighted by Gasteiger charge is -2.39. The highest BCUT2D eigenvalue weighted by Crippen LogP contribution is 2.27. The summed E-state index contributed by atoms with van der Waals surface area (Å²) in [5, 5.41) is 13.3. The minimum atomic E-state index is -0.0882. The van der Waals surface area contributed by atoms with Crippen molar-refractivity contribution in [2.24, 2.45) is 0 Å². The maximum absolute atomic E-state index is 12.6. The molecule has 138 valence electrons. The van der Waals surface area contributed by atoms with E-state index in [1.54, 1.807) is 6.07 Å². The number of hydrogen-bond donors (Lipinski definition) is 2. The molecule has 25 heavy (non-hydrogen) atoms. The van der Waals surface area contributed by atoms with Crippen molar-refractivity contribution in [3.05, 3.63) is 24.3 Å². The normalized spacial score (nSPS) is 21.6. The van der Waals surface area contributed by atoms with Gasteiger partial charge < -0.3 is 15.3 Å². The maximum atomic E-state index is 12.6. The van der Waals surface area contributed by atoms with E-state index in [1.807, 2.05) is 25.1 Å². The van der Waals surface area contributed by atoms with Gasteiger partial charge in [0.1, 0.15) is 5.75 Å². The first-order valence-electron chi connectivity index (χ1n) is 9.72. The summed E-state index contributed by atoms with van der Waals surface area (Å²) in [4.78, 5) is 17.1. The topological polar surface area (TPSA) is 55.8 Å². The lowest BCUT2D eigenvalue weighted by atomic mass is 10.1. The molecular formula is C20H31N3O2. The summed E-state index contributed by atoms with van der Waals surface area (Å²) in [6, 6.07) is 7.74. The molecule has 2 fully saturated rings. The zero-order chi connectivity index (χ0) is 17.6. The lowest BCUT2D eigenvalue weighted by Crippen LogP contribution is -2.55. The smallest absolute Gasteiger partial charge is 0.237 e. The Hall–Kier alpha value is -1.75. The van der Waals surface area contributed by atoms with Crippen molar-refractivity contribution in [1.29, 1.82) is 0 Å². The van der Waals surface area contributed by atoms with Gasteiger partial charge in [-0.05, 0) is 31.9 Å². The highest BCUT2D eigenvalue weighted by Gasteiger charge is 2.27. The van der Waals surface area contributed by atoms with Crippen molar-refractivity contribution in [3.8, 4) is 5.75 Å². The number of anilines is 1. The number of piperazine rings is 1. The molecule has 1 atom stereocenters. The summed E-state index contributed by atoms with van der Waals surface area (Å²) in [7, 11) is 0. The van der Waals surface area contributed by atoms with Crippen LogP contribution < -0.4 is 10.2 Å². The minimum absolute atomic E-state index is 0.0882. The van der Waals surface area contributed by atoms with E-state index in [2.05, 4.69) is 15.1 Å². The fourth-order valence-electron chi connectivity index (χ4n) is 3.99. The van der Waals surface area contributed by atoms with E-state index in [0.717, 1.165) is 44.7 Å². The van der Waals surface area contributed by atoms with Crippen LogP contribution in [-0.4, -0.2) is 54.2 Å². The van der Waals surface area contributed by atoms with Crippen molar-refractivity contribution in [2.75, 3.05) is 31.1 Å². The number of rotatable bonds is 4. The molecular weight excluding hydrogens is 314 g/mol. The van der Waals surface area contributed by atoms with Crippen LogP contribution in [-0.2, 0) is 4.79 Å². The maximum Gasteiger partial charge on any atom is 0.237 e. The SMILES string of the molecule is C[C@@H](C(=O)NC1CCCCCC1)N1CCN(c2ccccc2O)CC1. The average molecular weight is 345 g/mol. The zero-order valence-corrected chi connectivity index (χ0v) is 15.3. The number of phenols is 1. The number of nitrogens with zero attached hydrogens (tertiary/aromatic N) is 2. The number of carbonyl (C=O) groups excluding carboxylic acids is 1. The Bertz CT molecular complexity index is 562. The molecule has 2 N–H and O–H groups in total. The third kappa shape index (κ3) is 4.66. The van der Waals surface area contributed by atoms with Crippen molar-refractivity contribution in [2.45, 2.75) is 57.5 Å². The monoisotopic (exact) mass is 345 g/mol. The molecule has 1 saturated carbocycles. The molecule has 3 rings (SSSR count). The summed E-state index contributed by atoms with van der Waals surface area (Å²) in [5.41, 5.74) is 0.887. The number of para-hydroxylation sites is 2. The number of hydrogen-bond acceptors (Lipinski definition) is 4. The first-order valence-corrected chi connectivity index (χ1v) is 9.72. The number of amides is 1. The first kappa shape index (κ1) is 18.1. The summed E-state index contributed by atoms with van der Waals surface area (Å²) in [6.45, 7) is 5.36. The van der Waals surface area contributed by atoms with Gasteiger partial charge >= 0.3 is 0 Å². The second-order valence-corrected chi connectivity index (χ2v) is 7.38. The lowest BCUT2D eigenvalue weighted by molar-refractivity contribution is -0.126. The molecule has 1 aromatic rings. The largest absolute Gasteiger partial charge is 0.506 e. The Balaban J connectivity index is 1.50. The number of carbonyl (C=O) groups is 1. The van der Waals surface area contributed by atoms with Crippen LogP contribution in [0.4, 0.5) is 5.69 Å². The first-order chi connectivity index (χ1) is 12.1. The Morgan fingerprint density at radius 3 is 2.36 bits per heavy atom. The molecule has 5 nitrogen and oxygen atoms in total. The van der Waals surface area contributed by atoms with Gasteiger partial charge in [0.05, 0.1) is 11.7 Å². The van der Waals surface area contributed by atoms with Crippen molar-refractivity contribution in [1.82, 2.24) is 10.2 Å². The molecule has 5 heteroatoms. The molecule has 0 bridgehead atoms. The molecule has 2 aliphatic rings. The Morgan fingerprint density at radius 1 is 1.08 bits per heavy atom. The molecule has 0 spiro atoms. The predicted octanol–water partition coefficient (Wildman–Crippen LogP) is 2.74. The fraction of sp³-hybridized carbons (Fsp3) is 0.650. The highest BCUT2D eigenvalue weighted by molar-refractivity contribution is 5.81. The quantitative estimate of drug-likeness (QED) is 0.824. The van der Waals surface area contributed by atoms with Crippen molar-refractivity contribution >= 4 is 11.6 Å². The van der Waals surface area contributed by atoms with Gasteiger partial charge in [-0.2, -0.15) is 0 Å². The average Bonchev–Trinajstić information content (AvgIpc) is 2.90. The molecule has 1 amide bonds. The van der Waals surface area contributed by atoms with Gasteiger partial charge in [0.15, 0.2) is 0 Å². The van der Waals surface area contributed by atoms with Crippen LogP contribution >= 0.6 is 0 Å². The van der Waals surface area contributed by atoms with Gasteiger partial charge in [-0.25, -0.2) is 0 Å². The van der Waals surface area contributed by atoms with E-state index in [0.29, 0.717) is 11.8 Å². The van der Waals surface area contributed by atoms with Gasteiger partial charge in [0.2, 0.25) is 5.91 Å². The van der Waals surface area contributed by atoms with Gasteiger partial charge in [0.25, 0.3) is 0 Å². The van der Waals surface area contributed by atoms with Crippen LogP contribution in [0.5, 0.6) is 5.75 Å². The van der Waals surface area contributed by atoms with Gasteiger partial charge in [-0.3, -0.25) is 9.69 Å². The van der Waals surface area contributed by atoms with Gasteiger partial charge in [-0.1, -0.05) is 37.8 Å². The van der Waals surface area contributed by atoms with E-state index >= 15 is 0 Å². The number of aromatic hydroxyl groups is 1. The summed E-state index contributed by atoms with van der Waals surface area (Å²) >= 11 is 0. The second kappa shape index (κ2) is 8.56. The molecule has 0 unspecified atom stereocenters. The van der Waals surface area contributed by atoms with Crippen LogP contribution in [0.2, 0.25) is 0 Å². The molecule has 1 aliphatic carbocycles. The third-order valence-electron chi connectivity index (χ3n) is 5.67. The standard InChI is InChI=1S/C20H31N3O2/c1-16(20(25)21-17-8-4-2-3-5-9-17)22-12-14-23(15-13-22)18-10-6-7-11-19(18)24/h6-7,10-11,16-17,24H,2-5,8-9,12-15H2,1H3,(H,21,25)/t16-/m0/s1. The Labute approximate surface area is 151 Å². The van der Waals surface area contributed by atoms with E-state index < -0.39 is 0 Å².